The molecule has 2 amide bonds. The van der Waals surface area contributed by atoms with Gasteiger partial charge in [0.2, 0.25) is 5.91 Å². The number of ether oxygens (including phenoxy) is 2. The molecule has 2 aliphatic rings. The van der Waals surface area contributed by atoms with Gasteiger partial charge in [0.15, 0.2) is 6.10 Å². The van der Waals surface area contributed by atoms with Crippen molar-refractivity contribution in [3.8, 4) is 23.1 Å². The Hall–Kier alpha value is -3.81. The molecule has 1 unspecified atom stereocenters. The largest absolute Gasteiger partial charge is 0.483 e. The van der Waals surface area contributed by atoms with Gasteiger partial charge in [-0.1, -0.05) is 0 Å². The third-order valence-electron chi connectivity index (χ3n) is 5.72. The lowest BCUT2D eigenvalue weighted by Gasteiger charge is -2.38. The Labute approximate surface area is 207 Å². The summed E-state index contributed by atoms with van der Waals surface area (Å²) in [4.78, 5) is 33.4. The van der Waals surface area contributed by atoms with Gasteiger partial charge in [0.1, 0.15) is 29.6 Å². The van der Waals surface area contributed by atoms with Crippen LogP contribution in [0.25, 0.3) is 11.3 Å². The zero-order valence-electron chi connectivity index (χ0n) is 20.3. The number of aromatic nitrogens is 2. The molecule has 1 saturated carbocycles. The molecule has 190 valence electrons. The van der Waals surface area contributed by atoms with E-state index in [1.807, 2.05) is 6.07 Å². The molecular formula is C25H27F2N5O4. The van der Waals surface area contributed by atoms with Crippen molar-refractivity contribution in [3.63, 3.8) is 0 Å². The first kappa shape index (κ1) is 25.3. The minimum atomic E-state index is -3.35. The molecule has 1 atom stereocenters. The second-order valence-electron chi connectivity index (χ2n) is 9.93. The molecule has 4 rings (SSSR count). The number of nitrogens with one attached hydrogen (secondary N) is 1. The number of likely N-dealkylation sites (tertiary alicyclic amines) is 1. The van der Waals surface area contributed by atoms with Gasteiger partial charge in [0.25, 0.3) is 0 Å². The monoisotopic (exact) mass is 499 g/mol. The van der Waals surface area contributed by atoms with Crippen LogP contribution in [0.5, 0.6) is 5.75 Å². The van der Waals surface area contributed by atoms with Crippen LogP contribution in [0.2, 0.25) is 0 Å². The summed E-state index contributed by atoms with van der Waals surface area (Å²) >= 11 is 0. The third kappa shape index (κ3) is 6.05. The van der Waals surface area contributed by atoms with Crippen LogP contribution in [0.15, 0.2) is 30.6 Å². The number of anilines is 1. The van der Waals surface area contributed by atoms with E-state index in [0.717, 1.165) is 17.7 Å². The molecular weight excluding hydrogens is 472 g/mol. The summed E-state index contributed by atoms with van der Waals surface area (Å²) < 4.78 is 40.5. The number of benzene rings is 1. The molecule has 36 heavy (non-hydrogen) atoms. The summed E-state index contributed by atoms with van der Waals surface area (Å²) in [5, 5.41) is 12.4. The van der Waals surface area contributed by atoms with E-state index in [4.69, 9.17) is 9.47 Å². The van der Waals surface area contributed by atoms with Crippen LogP contribution in [0.4, 0.5) is 19.4 Å². The number of hydrogen-bond donors (Lipinski definition) is 1. The van der Waals surface area contributed by atoms with Crippen LogP contribution in [-0.2, 0) is 9.53 Å². The molecule has 1 N–H and O–H groups in total. The number of rotatable bonds is 5. The topological polar surface area (TPSA) is 117 Å². The number of piperidine rings is 1. The predicted octanol–water partition coefficient (Wildman–Crippen LogP) is 4.39. The second kappa shape index (κ2) is 9.68. The van der Waals surface area contributed by atoms with Gasteiger partial charge in [-0.2, -0.15) is 5.26 Å². The first-order chi connectivity index (χ1) is 16.9. The maximum Gasteiger partial charge on any atom is 0.410 e. The van der Waals surface area contributed by atoms with Gasteiger partial charge in [0.05, 0.1) is 17.8 Å². The molecule has 1 aliphatic carbocycles. The highest BCUT2D eigenvalue weighted by Crippen LogP contribution is 2.34. The van der Waals surface area contributed by atoms with E-state index in [1.165, 1.54) is 18.5 Å². The Balaban J connectivity index is 1.46. The molecule has 1 aromatic carbocycles. The van der Waals surface area contributed by atoms with Gasteiger partial charge in [0, 0.05) is 30.5 Å². The lowest BCUT2D eigenvalue weighted by atomic mass is 10.0. The Kier molecular flexibility index (Phi) is 6.80. The van der Waals surface area contributed by atoms with E-state index in [-0.39, 0.29) is 36.1 Å². The molecule has 0 bridgehead atoms. The Morgan fingerprint density at radius 1 is 1.19 bits per heavy atom. The Morgan fingerprint density at radius 2 is 1.94 bits per heavy atom. The van der Waals surface area contributed by atoms with E-state index >= 15 is 0 Å². The smallest absolute Gasteiger partial charge is 0.410 e. The summed E-state index contributed by atoms with van der Waals surface area (Å²) in [5.74, 6) is -3.08. The van der Waals surface area contributed by atoms with E-state index < -0.39 is 30.3 Å². The van der Waals surface area contributed by atoms with Crippen molar-refractivity contribution < 1.29 is 27.8 Å². The fraction of sp³-hybridized carbons (Fsp3) is 0.480. The van der Waals surface area contributed by atoms with Crippen LogP contribution in [0.3, 0.4) is 0 Å². The van der Waals surface area contributed by atoms with Gasteiger partial charge < -0.3 is 19.7 Å². The van der Waals surface area contributed by atoms with Gasteiger partial charge in [-0.15, -0.1) is 0 Å². The van der Waals surface area contributed by atoms with E-state index in [1.54, 1.807) is 32.9 Å². The number of hydrogen-bond acceptors (Lipinski definition) is 7. The number of alkyl halides is 2. The normalized spacial score (nSPS) is 19.2. The molecule has 0 radical (unpaired) electrons. The minimum absolute atomic E-state index is 0.00737. The molecule has 1 saturated heterocycles. The van der Waals surface area contributed by atoms with Crippen LogP contribution in [0.1, 0.15) is 45.6 Å². The number of nitrogens with zero attached hydrogens (tertiary/aromatic N) is 4. The minimum Gasteiger partial charge on any atom is -0.483 e. The first-order valence-corrected chi connectivity index (χ1v) is 11.6. The maximum atomic E-state index is 14.9. The molecule has 0 spiro atoms. The molecule has 11 heteroatoms. The highest BCUT2D eigenvalue weighted by atomic mass is 19.3. The molecule has 2 fully saturated rings. The van der Waals surface area contributed by atoms with E-state index in [0.29, 0.717) is 17.1 Å². The molecule has 2 aromatic rings. The summed E-state index contributed by atoms with van der Waals surface area (Å²) in [6, 6.07) is 8.08. The predicted molar refractivity (Wildman–Crippen MR) is 125 cm³/mol. The van der Waals surface area contributed by atoms with Crippen molar-refractivity contribution in [2.75, 3.05) is 18.4 Å². The van der Waals surface area contributed by atoms with Crippen molar-refractivity contribution in [1.82, 2.24) is 14.9 Å². The van der Waals surface area contributed by atoms with Gasteiger partial charge >= 0.3 is 12.0 Å². The first-order valence-electron chi connectivity index (χ1n) is 11.6. The lowest BCUT2D eigenvalue weighted by Crippen LogP contribution is -2.56. The molecule has 1 aliphatic heterocycles. The highest BCUT2D eigenvalue weighted by Gasteiger charge is 2.48. The van der Waals surface area contributed by atoms with Crippen LogP contribution in [-0.4, -0.2) is 57.6 Å². The molecule has 1 aromatic heterocycles. The van der Waals surface area contributed by atoms with Crippen molar-refractivity contribution in [3.05, 3.63) is 36.2 Å². The van der Waals surface area contributed by atoms with Crippen LogP contribution >= 0.6 is 0 Å². The van der Waals surface area contributed by atoms with Crippen LogP contribution in [0, 0.1) is 17.2 Å². The second-order valence-corrected chi connectivity index (χ2v) is 9.93. The fourth-order valence-corrected chi connectivity index (χ4v) is 3.74. The fourth-order valence-electron chi connectivity index (χ4n) is 3.74. The summed E-state index contributed by atoms with van der Waals surface area (Å²) in [6.07, 6.45) is 0.561. The van der Waals surface area contributed by atoms with Gasteiger partial charge in [-0.3, -0.25) is 4.79 Å². The van der Waals surface area contributed by atoms with Crippen molar-refractivity contribution in [2.24, 2.45) is 5.92 Å². The summed E-state index contributed by atoms with van der Waals surface area (Å²) in [5.41, 5.74) is 0.251. The standard InChI is InChI=1S/C25H27F2N5O4/c1-24(2,3)36-23(34)32-9-8-20(25(26,27)13-32)35-19-7-6-16(10-17(19)12-28)18-11-21(30-14-29-18)31-22(33)15-4-5-15/h6-7,10-11,14-15,20H,4-5,8-9,13H2,1-3H3,(H,29,30,31,33). The van der Waals surface area contributed by atoms with E-state index in [9.17, 15) is 23.6 Å². The average molecular weight is 500 g/mol. The molecule has 9 nitrogen and oxygen atoms in total. The van der Waals surface area contributed by atoms with E-state index in [2.05, 4.69) is 15.3 Å². The number of nitriles is 1. The summed E-state index contributed by atoms with van der Waals surface area (Å²) in [7, 11) is 0. The Morgan fingerprint density at radius 3 is 2.58 bits per heavy atom. The van der Waals surface area contributed by atoms with Crippen molar-refractivity contribution >= 4 is 17.8 Å². The number of carbonyl (C=O) groups excluding carboxylic acids is 2. The number of amides is 2. The molecule has 2 heterocycles. The maximum absolute atomic E-state index is 14.9. The van der Waals surface area contributed by atoms with Gasteiger partial charge in [-0.25, -0.2) is 23.5 Å². The quantitative estimate of drug-likeness (QED) is 0.648. The SMILES string of the molecule is CC(C)(C)OC(=O)N1CCC(Oc2ccc(-c3cc(NC(=O)C4CC4)ncn3)cc2C#N)C(F)(F)C1. The Bertz CT molecular complexity index is 1200. The third-order valence-corrected chi connectivity index (χ3v) is 5.72. The van der Waals surface area contributed by atoms with Crippen molar-refractivity contribution in [1.29, 1.82) is 5.26 Å². The van der Waals surface area contributed by atoms with Crippen LogP contribution < -0.4 is 10.1 Å². The number of halogens is 2. The van der Waals surface area contributed by atoms with Crippen molar-refractivity contribution in [2.45, 2.75) is 57.7 Å². The zero-order valence-corrected chi connectivity index (χ0v) is 20.3. The average Bonchev–Trinajstić information content (AvgIpc) is 3.65. The van der Waals surface area contributed by atoms with Gasteiger partial charge in [-0.05, 0) is 51.8 Å². The zero-order chi connectivity index (χ0) is 26.1. The number of carbonyl (C=O) groups is 2. The summed E-state index contributed by atoms with van der Waals surface area (Å²) in [6.45, 7) is 4.18. The lowest BCUT2D eigenvalue weighted by molar-refractivity contribution is -0.137. The highest BCUT2D eigenvalue weighted by molar-refractivity contribution is 5.93.